The predicted octanol–water partition coefficient (Wildman–Crippen LogP) is 3.58. The molecule has 0 saturated carbocycles. The third-order valence-electron chi connectivity index (χ3n) is 3.67. The third kappa shape index (κ3) is 3.84. The zero-order chi connectivity index (χ0) is 15.2. The highest BCUT2D eigenvalue weighted by Gasteiger charge is 2.18. The van der Waals surface area contributed by atoms with E-state index >= 15 is 0 Å². The molecule has 4 heteroatoms. The average molecular weight is 313 g/mol. The summed E-state index contributed by atoms with van der Waals surface area (Å²) in [6, 6.07) is 13.8. The highest BCUT2D eigenvalue weighted by atomic mass is 32.1. The van der Waals surface area contributed by atoms with E-state index in [1.54, 1.807) is 11.3 Å². The quantitative estimate of drug-likeness (QED) is 0.857. The highest BCUT2D eigenvalue weighted by molar-refractivity contribution is 7.11. The molecule has 1 fully saturated rings. The summed E-state index contributed by atoms with van der Waals surface area (Å²) in [5.74, 6) is -0.0462. The Labute approximate surface area is 134 Å². The lowest BCUT2D eigenvalue weighted by Crippen LogP contribution is -2.32. The van der Waals surface area contributed by atoms with Crippen LogP contribution >= 0.6 is 11.3 Å². The number of hydrogen-bond donors (Lipinski definition) is 1. The molecule has 2 aromatic rings. The zero-order valence-electron chi connectivity index (χ0n) is 12.3. The first-order valence-electron chi connectivity index (χ1n) is 7.53. The van der Waals surface area contributed by atoms with E-state index in [4.69, 9.17) is 4.74 Å². The van der Waals surface area contributed by atoms with Gasteiger partial charge in [0.15, 0.2) is 0 Å². The normalized spacial score (nSPS) is 18.4. The molecule has 0 aliphatic carbocycles. The van der Waals surface area contributed by atoms with Gasteiger partial charge in [-0.15, -0.1) is 11.3 Å². The Bertz CT molecular complexity index is 628. The maximum absolute atomic E-state index is 12.6. The standard InChI is InChI=1S/C18H19NO2S/c20-18(19-13-15-8-4-10-21-15)17(12-16-9-5-11-22-16)14-6-2-1-3-7-14/h1-3,5-7,9,11-12,15H,4,8,10,13H2,(H,19,20)/b17-12+/t15-/m0/s1. The van der Waals surface area contributed by atoms with Crippen LogP contribution in [0.5, 0.6) is 0 Å². The summed E-state index contributed by atoms with van der Waals surface area (Å²) in [6.07, 6.45) is 4.21. The van der Waals surface area contributed by atoms with Gasteiger partial charge in [-0.3, -0.25) is 4.79 Å². The van der Waals surface area contributed by atoms with Gasteiger partial charge in [-0.2, -0.15) is 0 Å². The van der Waals surface area contributed by atoms with Crippen molar-refractivity contribution >= 4 is 28.9 Å². The number of carbonyl (C=O) groups excluding carboxylic acids is 1. The highest BCUT2D eigenvalue weighted by Crippen LogP contribution is 2.21. The second kappa shape index (κ2) is 7.38. The van der Waals surface area contributed by atoms with E-state index in [0.717, 1.165) is 29.9 Å². The van der Waals surface area contributed by atoms with Gasteiger partial charge in [-0.25, -0.2) is 0 Å². The topological polar surface area (TPSA) is 38.3 Å². The van der Waals surface area contributed by atoms with E-state index < -0.39 is 0 Å². The van der Waals surface area contributed by atoms with Crippen molar-refractivity contribution in [2.45, 2.75) is 18.9 Å². The summed E-state index contributed by atoms with van der Waals surface area (Å²) < 4.78 is 5.56. The third-order valence-corrected chi connectivity index (χ3v) is 4.49. The molecule has 1 aliphatic heterocycles. The summed E-state index contributed by atoms with van der Waals surface area (Å²) >= 11 is 1.63. The lowest BCUT2D eigenvalue weighted by Gasteiger charge is -2.13. The van der Waals surface area contributed by atoms with Crippen molar-refractivity contribution in [3.63, 3.8) is 0 Å². The summed E-state index contributed by atoms with van der Waals surface area (Å²) in [5, 5.41) is 5.02. The van der Waals surface area contributed by atoms with Gasteiger partial charge in [-0.1, -0.05) is 36.4 Å². The lowest BCUT2D eigenvalue weighted by molar-refractivity contribution is -0.116. The minimum Gasteiger partial charge on any atom is -0.376 e. The van der Waals surface area contributed by atoms with Gasteiger partial charge < -0.3 is 10.1 Å². The van der Waals surface area contributed by atoms with Gasteiger partial charge in [-0.05, 0) is 35.9 Å². The molecule has 114 valence electrons. The summed E-state index contributed by atoms with van der Waals surface area (Å²) in [4.78, 5) is 13.7. The molecule has 0 radical (unpaired) electrons. The van der Waals surface area contributed by atoms with Crippen molar-refractivity contribution in [2.24, 2.45) is 0 Å². The van der Waals surface area contributed by atoms with Crippen molar-refractivity contribution in [1.82, 2.24) is 5.32 Å². The van der Waals surface area contributed by atoms with Crippen molar-refractivity contribution in [3.8, 4) is 0 Å². The number of carbonyl (C=O) groups is 1. The van der Waals surface area contributed by atoms with Crippen LogP contribution in [0.2, 0.25) is 0 Å². The number of amides is 1. The Morgan fingerprint density at radius 3 is 2.82 bits per heavy atom. The van der Waals surface area contributed by atoms with Crippen LogP contribution in [0.3, 0.4) is 0 Å². The van der Waals surface area contributed by atoms with Crippen LogP contribution in [0.25, 0.3) is 11.6 Å². The Morgan fingerprint density at radius 1 is 1.27 bits per heavy atom. The van der Waals surface area contributed by atoms with Gasteiger partial charge in [0.05, 0.1) is 6.10 Å². The summed E-state index contributed by atoms with van der Waals surface area (Å²) in [7, 11) is 0. The minimum absolute atomic E-state index is 0.0462. The maximum Gasteiger partial charge on any atom is 0.252 e. The molecular formula is C18H19NO2S. The van der Waals surface area contributed by atoms with E-state index in [2.05, 4.69) is 5.32 Å². The zero-order valence-corrected chi connectivity index (χ0v) is 13.1. The number of benzene rings is 1. The fourth-order valence-electron chi connectivity index (χ4n) is 2.52. The molecule has 1 saturated heterocycles. The number of nitrogens with one attached hydrogen (secondary N) is 1. The molecule has 3 rings (SSSR count). The molecule has 1 aliphatic rings. The second-order valence-electron chi connectivity index (χ2n) is 5.28. The number of rotatable bonds is 5. The first kappa shape index (κ1) is 15.0. The Balaban J connectivity index is 1.77. The molecular weight excluding hydrogens is 294 g/mol. The van der Waals surface area contributed by atoms with E-state index in [9.17, 15) is 4.79 Å². The maximum atomic E-state index is 12.6. The number of thiophene rings is 1. The molecule has 22 heavy (non-hydrogen) atoms. The van der Waals surface area contributed by atoms with Gasteiger partial charge >= 0.3 is 0 Å². The summed E-state index contributed by atoms with van der Waals surface area (Å²) in [5.41, 5.74) is 1.63. The SMILES string of the molecule is O=C(NC[C@@H]1CCCO1)/C(=C/c1cccs1)c1ccccc1. The molecule has 0 bridgehead atoms. The predicted molar refractivity (Wildman–Crippen MR) is 90.6 cm³/mol. The fraction of sp³-hybridized carbons (Fsp3) is 0.278. The number of hydrogen-bond acceptors (Lipinski definition) is 3. The second-order valence-corrected chi connectivity index (χ2v) is 6.26. The average Bonchev–Trinajstić information content (AvgIpc) is 3.24. The lowest BCUT2D eigenvalue weighted by atomic mass is 10.0. The van der Waals surface area contributed by atoms with E-state index in [1.165, 1.54) is 0 Å². The molecule has 3 nitrogen and oxygen atoms in total. The molecule has 0 unspecified atom stereocenters. The van der Waals surface area contributed by atoms with Crippen LogP contribution in [-0.2, 0) is 9.53 Å². The van der Waals surface area contributed by atoms with Crippen molar-refractivity contribution in [3.05, 3.63) is 58.3 Å². The van der Waals surface area contributed by atoms with Crippen molar-refractivity contribution in [1.29, 1.82) is 0 Å². The van der Waals surface area contributed by atoms with Crippen LogP contribution in [0.4, 0.5) is 0 Å². The van der Waals surface area contributed by atoms with Gasteiger partial charge in [0.25, 0.3) is 5.91 Å². The van der Waals surface area contributed by atoms with Gasteiger partial charge in [0, 0.05) is 23.6 Å². The first-order valence-corrected chi connectivity index (χ1v) is 8.41. The monoisotopic (exact) mass is 313 g/mol. The van der Waals surface area contributed by atoms with Crippen molar-refractivity contribution in [2.75, 3.05) is 13.2 Å². The molecule has 1 aromatic carbocycles. The largest absolute Gasteiger partial charge is 0.376 e. The molecule has 1 aromatic heterocycles. The molecule has 1 atom stereocenters. The van der Waals surface area contributed by atoms with Crippen molar-refractivity contribution < 1.29 is 9.53 Å². The fourth-order valence-corrected chi connectivity index (χ4v) is 3.18. The van der Waals surface area contributed by atoms with E-state index in [0.29, 0.717) is 12.1 Å². The Kier molecular flexibility index (Phi) is 5.03. The van der Waals surface area contributed by atoms with Crippen LogP contribution in [0.15, 0.2) is 47.8 Å². The summed E-state index contributed by atoms with van der Waals surface area (Å²) in [6.45, 7) is 1.38. The molecule has 0 spiro atoms. The Hall–Kier alpha value is -1.91. The van der Waals surface area contributed by atoms with Crippen LogP contribution < -0.4 is 5.32 Å². The van der Waals surface area contributed by atoms with E-state index in [1.807, 2.05) is 53.9 Å². The Morgan fingerprint density at radius 2 is 2.14 bits per heavy atom. The van der Waals surface area contributed by atoms with Crippen LogP contribution in [0.1, 0.15) is 23.3 Å². The molecule has 2 heterocycles. The van der Waals surface area contributed by atoms with Crippen LogP contribution in [-0.4, -0.2) is 25.2 Å². The molecule has 1 N–H and O–H groups in total. The smallest absolute Gasteiger partial charge is 0.252 e. The molecule has 1 amide bonds. The van der Waals surface area contributed by atoms with E-state index in [-0.39, 0.29) is 12.0 Å². The first-order chi connectivity index (χ1) is 10.8. The van der Waals surface area contributed by atoms with Gasteiger partial charge in [0.1, 0.15) is 0 Å². The van der Waals surface area contributed by atoms with Gasteiger partial charge in [0.2, 0.25) is 0 Å². The number of ether oxygens (including phenoxy) is 1. The minimum atomic E-state index is -0.0462. The van der Waals surface area contributed by atoms with Crippen LogP contribution in [0, 0.1) is 0 Å².